The number of likely N-dealkylation sites (N-methyl/N-ethyl adjacent to an activating group) is 1. The summed E-state index contributed by atoms with van der Waals surface area (Å²) in [7, 11) is 1.67. The number of rotatable bonds is 23. The molecule has 0 aromatic rings. The topological polar surface area (TPSA) is 67.8 Å². The van der Waals surface area contributed by atoms with E-state index in [4.69, 9.17) is 13.8 Å². The van der Waals surface area contributed by atoms with Crippen LogP contribution in [0.4, 0.5) is 0 Å². The minimum absolute atomic E-state index is 0.122. The number of nitrogens with zero attached hydrogens (tertiary/aromatic N) is 1. The zero-order valence-electron chi connectivity index (χ0n) is 21.2. The Hall–Kier alpha value is 0.0300. The fourth-order valence-electron chi connectivity index (χ4n) is 3.36. The predicted octanol–water partition coefficient (Wildman–Crippen LogP) is 6.08. The van der Waals surface area contributed by atoms with E-state index >= 15 is 0 Å². The zero-order valence-corrected chi connectivity index (χ0v) is 22.1. The van der Waals surface area contributed by atoms with Crippen LogP contribution in [0.2, 0.25) is 0 Å². The molecule has 0 rings (SSSR count). The van der Waals surface area contributed by atoms with Crippen molar-refractivity contribution in [1.82, 2.24) is 0 Å². The lowest BCUT2D eigenvalue weighted by Crippen LogP contribution is -2.37. The summed E-state index contributed by atoms with van der Waals surface area (Å²) in [5, 5.41) is 0. The average molecular weight is 466 g/mol. The van der Waals surface area contributed by atoms with E-state index in [1.807, 2.05) is 21.1 Å². The molecule has 0 aromatic carbocycles. The number of unbranched alkanes of at least 4 members (excludes halogenated alkanes) is 13. The van der Waals surface area contributed by atoms with Gasteiger partial charge in [-0.2, -0.15) is 0 Å². The highest BCUT2D eigenvalue weighted by atomic mass is 31.2. The van der Waals surface area contributed by atoms with Crippen LogP contribution in [0, 0.1) is 0 Å². The molecule has 0 spiro atoms. The molecule has 2 atom stereocenters. The lowest BCUT2D eigenvalue weighted by atomic mass is 10.0. The molecule has 188 valence electrons. The second-order valence-corrected chi connectivity index (χ2v) is 11.2. The van der Waals surface area contributed by atoms with Gasteiger partial charge in [-0.05, 0) is 13.3 Å². The fraction of sp³-hybridized carbons (Fsp3) is 1.00. The highest BCUT2D eigenvalue weighted by Crippen LogP contribution is 2.39. The van der Waals surface area contributed by atoms with Crippen LogP contribution in [0.3, 0.4) is 0 Å². The summed E-state index contributed by atoms with van der Waals surface area (Å²) in [6, 6.07) is 0. The fourth-order valence-corrected chi connectivity index (χ4v) is 4.22. The van der Waals surface area contributed by atoms with Crippen molar-refractivity contribution in [3.8, 4) is 0 Å². The maximum Gasteiger partial charge on any atom is 0.268 e. The first-order chi connectivity index (χ1) is 14.7. The minimum Gasteiger partial charge on any atom is -0.756 e. The first-order valence-electron chi connectivity index (χ1n) is 12.7. The molecule has 0 aliphatic carbocycles. The van der Waals surface area contributed by atoms with Gasteiger partial charge in [0, 0.05) is 6.61 Å². The molecule has 2 unspecified atom stereocenters. The maximum atomic E-state index is 11.8. The molecule has 0 aliphatic rings. The third-order valence-corrected chi connectivity index (χ3v) is 6.43. The Morgan fingerprint density at radius 1 is 0.774 bits per heavy atom. The summed E-state index contributed by atoms with van der Waals surface area (Å²) in [5.74, 6) is 0. The molecule has 0 saturated carbocycles. The Morgan fingerprint density at radius 3 is 1.68 bits per heavy atom. The summed E-state index contributed by atoms with van der Waals surface area (Å²) in [5.41, 5.74) is 0. The number of ether oxygens (including phenoxy) is 1. The Bertz CT molecular complexity index is 442. The number of phosphoric ester groups is 1. The highest BCUT2D eigenvalue weighted by molar-refractivity contribution is 7.45. The average Bonchev–Trinajstić information content (AvgIpc) is 2.66. The first-order valence-corrected chi connectivity index (χ1v) is 14.1. The molecule has 0 saturated heterocycles. The summed E-state index contributed by atoms with van der Waals surface area (Å²) in [6.07, 6.45) is 18.1. The molecule has 0 N–H and O–H groups in total. The molecule has 0 fully saturated rings. The van der Waals surface area contributed by atoms with E-state index in [9.17, 15) is 9.46 Å². The number of hydrogen-bond acceptors (Lipinski definition) is 5. The molecule has 7 heteroatoms. The molecule has 31 heavy (non-hydrogen) atoms. The van der Waals surface area contributed by atoms with Gasteiger partial charge < -0.3 is 23.2 Å². The van der Waals surface area contributed by atoms with E-state index in [0.29, 0.717) is 17.6 Å². The Kier molecular flexibility index (Phi) is 19.5. The van der Waals surface area contributed by atoms with Gasteiger partial charge in [0.15, 0.2) is 0 Å². The van der Waals surface area contributed by atoms with Crippen LogP contribution in [0.25, 0.3) is 0 Å². The lowest BCUT2D eigenvalue weighted by molar-refractivity contribution is -0.870. The van der Waals surface area contributed by atoms with E-state index < -0.39 is 13.9 Å². The minimum atomic E-state index is -4.27. The normalized spacial score (nSPS) is 15.2. The molecular weight excluding hydrogens is 413 g/mol. The molecule has 6 nitrogen and oxygen atoms in total. The van der Waals surface area contributed by atoms with Crippen LogP contribution in [0.1, 0.15) is 104 Å². The van der Waals surface area contributed by atoms with E-state index in [1.54, 1.807) is 6.92 Å². The number of quaternary nitrogens is 1. The van der Waals surface area contributed by atoms with E-state index in [0.717, 1.165) is 6.42 Å². The van der Waals surface area contributed by atoms with Crippen LogP contribution in [0.5, 0.6) is 0 Å². The second-order valence-electron chi connectivity index (χ2n) is 9.88. The van der Waals surface area contributed by atoms with Gasteiger partial charge >= 0.3 is 0 Å². The Morgan fingerprint density at radius 2 is 1.23 bits per heavy atom. The summed E-state index contributed by atoms with van der Waals surface area (Å²) in [4.78, 5) is 11.8. The van der Waals surface area contributed by atoms with Crippen molar-refractivity contribution in [2.45, 2.75) is 110 Å². The van der Waals surface area contributed by atoms with Gasteiger partial charge in [-0.1, -0.05) is 90.4 Å². The number of hydrogen-bond donors (Lipinski definition) is 0. The predicted molar refractivity (Wildman–Crippen MR) is 128 cm³/mol. The molecular formula is C24H52NO5P. The van der Waals surface area contributed by atoms with Crippen molar-refractivity contribution >= 4 is 7.82 Å². The van der Waals surface area contributed by atoms with Crippen LogP contribution in [-0.4, -0.2) is 58.1 Å². The van der Waals surface area contributed by atoms with Crippen molar-refractivity contribution < 1.29 is 27.7 Å². The molecule has 0 bridgehead atoms. The van der Waals surface area contributed by atoms with Crippen LogP contribution >= 0.6 is 7.82 Å². The SMILES string of the molecule is CCCCCCCCCCCCCCCCOCC(C)OP(=O)([O-])OCC[N+](C)(C)C. The van der Waals surface area contributed by atoms with Crippen LogP contribution in [0.15, 0.2) is 0 Å². The lowest BCUT2D eigenvalue weighted by Gasteiger charge is -2.29. The molecule has 0 aliphatic heterocycles. The standard InChI is InChI=1S/C24H52NO5P/c1-6-7-8-9-10-11-12-13-14-15-16-17-18-19-21-28-23-24(2)30-31(26,27)29-22-20-25(3,4)5/h24H,6-23H2,1-5H3. The third kappa shape index (κ3) is 24.5. The van der Waals surface area contributed by atoms with Gasteiger partial charge in [-0.25, -0.2) is 0 Å². The number of phosphoric acid groups is 1. The van der Waals surface area contributed by atoms with Gasteiger partial charge in [-0.3, -0.25) is 4.57 Å². The largest absolute Gasteiger partial charge is 0.756 e. The first kappa shape index (κ1) is 31.0. The monoisotopic (exact) mass is 465 g/mol. The molecule has 0 aromatic heterocycles. The molecule has 0 radical (unpaired) electrons. The Balaban J connectivity index is 3.42. The third-order valence-electron chi connectivity index (χ3n) is 5.32. The van der Waals surface area contributed by atoms with Crippen molar-refractivity contribution in [3.63, 3.8) is 0 Å². The summed E-state index contributed by atoms with van der Waals surface area (Å²) in [6.45, 7) is 5.60. The van der Waals surface area contributed by atoms with E-state index in [1.165, 1.54) is 83.5 Å². The Labute approximate surface area is 193 Å². The van der Waals surface area contributed by atoms with Gasteiger partial charge in [0.1, 0.15) is 13.2 Å². The van der Waals surface area contributed by atoms with Crippen molar-refractivity contribution in [2.24, 2.45) is 0 Å². The van der Waals surface area contributed by atoms with Gasteiger partial charge in [0.25, 0.3) is 7.82 Å². The second kappa shape index (κ2) is 19.5. The van der Waals surface area contributed by atoms with Gasteiger partial charge in [-0.15, -0.1) is 0 Å². The van der Waals surface area contributed by atoms with Gasteiger partial charge in [0.05, 0.1) is 33.9 Å². The summed E-state index contributed by atoms with van der Waals surface area (Å²) < 4.78 is 28.0. The van der Waals surface area contributed by atoms with E-state index in [2.05, 4.69) is 6.92 Å². The van der Waals surface area contributed by atoms with Crippen molar-refractivity contribution in [3.05, 3.63) is 0 Å². The van der Waals surface area contributed by atoms with Crippen molar-refractivity contribution in [1.29, 1.82) is 0 Å². The quantitative estimate of drug-likeness (QED) is 0.104. The smallest absolute Gasteiger partial charge is 0.268 e. The van der Waals surface area contributed by atoms with Crippen LogP contribution in [-0.2, 0) is 18.3 Å². The summed E-state index contributed by atoms with van der Waals surface area (Å²) >= 11 is 0. The van der Waals surface area contributed by atoms with E-state index in [-0.39, 0.29) is 13.2 Å². The maximum absolute atomic E-state index is 11.8. The van der Waals surface area contributed by atoms with Crippen molar-refractivity contribution in [2.75, 3.05) is 47.5 Å². The van der Waals surface area contributed by atoms with Gasteiger partial charge in [0.2, 0.25) is 0 Å². The zero-order chi connectivity index (χ0) is 23.4. The highest BCUT2D eigenvalue weighted by Gasteiger charge is 2.16. The molecule has 0 amide bonds. The van der Waals surface area contributed by atoms with Crippen LogP contribution < -0.4 is 4.89 Å². The molecule has 0 heterocycles.